The fourth-order valence-electron chi connectivity index (χ4n) is 2.33. The van der Waals surface area contributed by atoms with Gasteiger partial charge in [0.15, 0.2) is 0 Å². The fraction of sp³-hybridized carbons (Fsp3) is 0.467. The predicted octanol–water partition coefficient (Wildman–Crippen LogP) is 5.50. The van der Waals surface area contributed by atoms with E-state index in [1.807, 2.05) is 11.3 Å². The molecule has 1 aromatic carbocycles. The van der Waals surface area contributed by atoms with Crippen molar-refractivity contribution in [3.05, 3.63) is 33.6 Å². The van der Waals surface area contributed by atoms with Crippen LogP contribution in [-0.2, 0) is 0 Å². The summed E-state index contributed by atoms with van der Waals surface area (Å²) in [5, 5.41) is 7.34. The van der Waals surface area contributed by atoms with Gasteiger partial charge >= 0.3 is 0 Å². The Bertz CT molecular complexity index is 506. The largest absolute Gasteiger partial charge is 0.310 e. The zero-order valence-corrected chi connectivity index (χ0v) is 13.4. The first-order valence-corrected chi connectivity index (χ1v) is 8.34. The molecule has 1 atom stereocenters. The molecular weight excluding hydrogens is 306 g/mol. The van der Waals surface area contributed by atoms with Gasteiger partial charge in [0.2, 0.25) is 0 Å². The van der Waals surface area contributed by atoms with Crippen molar-refractivity contribution in [2.45, 2.75) is 39.2 Å². The third kappa shape index (κ3) is 2.95. The van der Waals surface area contributed by atoms with Crippen LogP contribution in [0.3, 0.4) is 0 Å². The minimum atomic E-state index is 0.498. The lowest BCUT2D eigenvalue weighted by atomic mass is 10.0. The van der Waals surface area contributed by atoms with E-state index in [0.29, 0.717) is 6.04 Å². The summed E-state index contributed by atoms with van der Waals surface area (Å²) in [6, 6.07) is 6.99. The van der Waals surface area contributed by atoms with Crippen molar-refractivity contribution < 1.29 is 0 Å². The van der Waals surface area contributed by atoms with Crippen LogP contribution in [0.4, 0.5) is 0 Å². The van der Waals surface area contributed by atoms with E-state index in [4.69, 9.17) is 0 Å². The molecule has 0 aliphatic carbocycles. The second-order valence-electron chi connectivity index (χ2n) is 4.56. The number of rotatable bonds is 6. The summed E-state index contributed by atoms with van der Waals surface area (Å²) in [4.78, 5) is 0. The lowest BCUT2D eigenvalue weighted by Crippen LogP contribution is -2.20. The average molecular weight is 326 g/mol. The van der Waals surface area contributed by atoms with Crippen LogP contribution in [-0.4, -0.2) is 6.54 Å². The maximum Gasteiger partial charge on any atom is 0.0488 e. The van der Waals surface area contributed by atoms with Gasteiger partial charge in [-0.25, -0.2) is 0 Å². The van der Waals surface area contributed by atoms with E-state index in [1.54, 1.807) is 0 Å². The van der Waals surface area contributed by atoms with Gasteiger partial charge in [0.25, 0.3) is 0 Å². The number of benzene rings is 1. The maximum atomic E-state index is 3.64. The maximum absolute atomic E-state index is 3.64. The zero-order chi connectivity index (χ0) is 13.0. The van der Waals surface area contributed by atoms with Crippen LogP contribution in [0.1, 0.15) is 44.7 Å². The van der Waals surface area contributed by atoms with Crippen LogP contribution in [0.5, 0.6) is 0 Å². The molecule has 0 spiro atoms. The van der Waals surface area contributed by atoms with Gasteiger partial charge in [0.05, 0.1) is 0 Å². The minimum absolute atomic E-state index is 0.498. The standard InChI is InChI=1S/C15H20BrNS/c1-3-5-9-14(17-4-2)12-10-18-15-11(12)7-6-8-13(15)16/h6-8,10,14,17H,3-5,9H2,1-2H3. The normalized spacial score (nSPS) is 13.1. The third-order valence-electron chi connectivity index (χ3n) is 3.25. The first kappa shape index (κ1) is 14.0. The smallest absolute Gasteiger partial charge is 0.0488 e. The van der Waals surface area contributed by atoms with Gasteiger partial charge in [-0.05, 0) is 51.3 Å². The molecule has 98 valence electrons. The minimum Gasteiger partial charge on any atom is -0.310 e. The Morgan fingerprint density at radius 1 is 1.33 bits per heavy atom. The summed E-state index contributed by atoms with van der Waals surface area (Å²) in [7, 11) is 0. The molecule has 0 amide bonds. The molecule has 1 heterocycles. The lowest BCUT2D eigenvalue weighted by Gasteiger charge is -2.17. The fourth-order valence-corrected chi connectivity index (χ4v) is 4.01. The van der Waals surface area contributed by atoms with Crippen LogP contribution in [0.25, 0.3) is 10.1 Å². The van der Waals surface area contributed by atoms with Gasteiger partial charge in [-0.15, -0.1) is 11.3 Å². The number of thiophene rings is 1. The van der Waals surface area contributed by atoms with Gasteiger partial charge < -0.3 is 5.32 Å². The van der Waals surface area contributed by atoms with Gasteiger partial charge in [0.1, 0.15) is 0 Å². The van der Waals surface area contributed by atoms with Crippen LogP contribution in [0.15, 0.2) is 28.1 Å². The molecule has 2 aromatic rings. The molecule has 1 aromatic heterocycles. The van der Waals surface area contributed by atoms with Crippen molar-refractivity contribution in [1.82, 2.24) is 5.32 Å². The van der Waals surface area contributed by atoms with Gasteiger partial charge in [-0.1, -0.05) is 38.8 Å². The summed E-state index contributed by atoms with van der Waals surface area (Å²) < 4.78 is 2.58. The highest BCUT2D eigenvalue weighted by atomic mass is 79.9. The molecule has 0 saturated heterocycles. The van der Waals surface area contributed by atoms with E-state index in [-0.39, 0.29) is 0 Å². The van der Waals surface area contributed by atoms with Crippen molar-refractivity contribution >= 4 is 37.4 Å². The Labute approximate surface area is 122 Å². The Hall–Kier alpha value is -0.380. The molecule has 0 bridgehead atoms. The molecular formula is C15H20BrNS. The number of halogens is 1. The highest BCUT2D eigenvalue weighted by Gasteiger charge is 2.15. The van der Waals surface area contributed by atoms with E-state index in [2.05, 4.69) is 58.7 Å². The highest BCUT2D eigenvalue weighted by molar-refractivity contribution is 9.10. The topological polar surface area (TPSA) is 12.0 Å². The summed E-state index contributed by atoms with van der Waals surface area (Å²) in [5.74, 6) is 0. The first-order chi connectivity index (χ1) is 8.77. The molecule has 1 N–H and O–H groups in total. The number of fused-ring (bicyclic) bond motifs is 1. The molecule has 0 fully saturated rings. The molecule has 1 nitrogen and oxygen atoms in total. The van der Waals surface area contributed by atoms with Crippen molar-refractivity contribution in [1.29, 1.82) is 0 Å². The summed E-state index contributed by atoms with van der Waals surface area (Å²) >= 11 is 5.48. The van der Waals surface area contributed by atoms with Crippen LogP contribution >= 0.6 is 27.3 Å². The number of hydrogen-bond acceptors (Lipinski definition) is 2. The van der Waals surface area contributed by atoms with E-state index in [1.165, 1.54) is 39.4 Å². The zero-order valence-electron chi connectivity index (χ0n) is 11.0. The number of unbranched alkanes of at least 4 members (excludes halogenated alkanes) is 1. The second-order valence-corrected chi connectivity index (χ2v) is 6.29. The molecule has 0 radical (unpaired) electrons. The SMILES string of the molecule is CCCCC(NCC)c1csc2c(Br)cccc12. The highest BCUT2D eigenvalue weighted by Crippen LogP contribution is 2.36. The molecule has 0 saturated carbocycles. The third-order valence-corrected chi connectivity index (χ3v) is 5.22. The molecule has 2 rings (SSSR count). The Kier molecular flexibility index (Phi) is 5.22. The van der Waals surface area contributed by atoms with E-state index >= 15 is 0 Å². The average Bonchev–Trinajstić information content (AvgIpc) is 2.80. The van der Waals surface area contributed by atoms with Gasteiger partial charge in [-0.3, -0.25) is 0 Å². The summed E-state index contributed by atoms with van der Waals surface area (Å²) in [6.07, 6.45) is 3.76. The molecule has 0 aliphatic heterocycles. The van der Waals surface area contributed by atoms with Gasteiger partial charge in [0, 0.05) is 15.2 Å². The molecule has 18 heavy (non-hydrogen) atoms. The monoisotopic (exact) mass is 325 g/mol. The van der Waals surface area contributed by atoms with Crippen molar-refractivity contribution in [2.24, 2.45) is 0 Å². The summed E-state index contributed by atoms with van der Waals surface area (Å²) in [5.41, 5.74) is 1.46. The van der Waals surface area contributed by atoms with Crippen LogP contribution in [0.2, 0.25) is 0 Å². The Morgan fingerprint density at radius 3 is 2.89 bits per heavy atom. The number of hydrogen-bond donors (Lipinski definition) is 1. The molecule has 3 heteroatoms. The van der Waals surface area contributed by atoms with E-state index in [0.717, 1.165) is 6.54 Å². The molecule has 1 unspecified atom stereocenters. The summed E-state index contributed by atoms with van der Waals surface area (Å²) in [6.45, 7) is 5.47. The predicted molar refractivity (Wildman–Crippen MR) is 85.5 cm³/mol. The van der Waals surface area contributed by atoms with Crippen LogP contribution < -0.4 is 5.32 Å². The number of nitrogens with one attached hydrogen (secondary N) is 1. The molecule has 0 aliphatic rings. The Morgan fingerprint density at radius 2 is 2.17 bits per heavy atom. The van der Waals surface area contributed by atoms with Crippen LogP contribution in [0, 0.1) is 0 Å². The van der Waals surface area contributed by atoms with Crippen molar-refractivity contribution in [2.75, 3.05) is 6.54 Å². The quantitative estimate of drug-likeness (QED) is 0.738. The Balaban J connectivity index is 2.34. The first-order valence-electron chi connectivity index (χ1n) is 6.66. The van der Waals surface area contributed by atoms with E-state index < -0.39 is 0 Å². The van der Waals surface area contributed by atoms with Crippen molar-refractivity contribution in [3.8, 4) is 0 Å². The van der Waals surface area contributed by atoms with Crippen molar-refractivity contribution in [3.63, 3.8) is 0 Å². The van der Waals surface area contributed by atoms with Gasteiger partial charge in [-0.2, -0.15) is 0 Å². The van der Waals surface area contributed by atoms with E-state index in [9.17, 15) is 0 Å². The lowest BCUT2D eigenvalue weighted by molar-refractivity contribution is 0.498. The second kappa shape index (κ2) is 6.69.